The molecule has 0 radical (unpaired) electrons. The van der Waals surface area contributed by atoms with Crippen molar-refractivity contribution in [3.8, 4) is 11.5 Å². The van der Waals surface area contributed by atoms with Crippen LogP contribution in [0.5, 0.6) is 11.5 Å². The number of benzene rings is 2. The fraction of sp³-hybridized carbons (Fsp3) is 0.500. The summed E-state index contributed by atoms with van der Waals surface area (Å²) in [4.78, 5) is 17.5. The van der Waals surface area contributed by atoms with Gasteiger partial charge in [0.2, 0.25) is 0 Å². The van der Waals surface area contributed by atoms with Gasteiger partial charge in [-0.1, -0.05) is 30.3 Å². The number of nitrogens with one attached hydrogen (secondary N) is 1. The Hall–Kier alpha value is -2.73. The standard InChI is InChI=1S/C26H35N3O3/c1-31-22-10-11-25(32-2)23(17-22)24-9-6-14-29(24)26(30)27-18-20-12-15-28(16-13-20)19-21-7-4-3-5-8-21/h3-5,7-8,10-11,17,20,24H,6,9,12-16,18-19H2,1-2H3,(H,27,30). The van der Waals surface area contributed by atoms with Gasteiger partial charge in [0.05, 0.1) is 20.3 Å². The van der Waals surface area contributed by atoms with Crippen LogP contribution < -0.4 is 14.8 Å². The van der Waals surface area contributed by atoms with Crippen molar-refractivity contribution in [1.29, 1.82) is 0 Å². The summed E-state index contributed by atoms with van der Waals surface area (Å²) < 4.78 is 11.0. The van der Waals surface area contributed by atoms with Crippen molar-refractivity contribution in [3.05, 3.63) is 59.7 Å². The summed E-state index contributed by atoms with van der Waals surface area (Å²) >= 11 is 0. The zero-order valence-corrected chi connectivity index (χ0v) is 19.3. The molecule has 2 aliphatic heterocycles. The SMILES string of the molecule is COc1ccc(OC)c(C2CCCN2C(=O)NCC2CCN(Cc3ccccc3)CC2)c1. The van der Waals surface area contributed by atoms with Gasteiger partial charge in [-0.25, -0.2) is 4.79 Å². The average Bonchev–Trinajstić information content (AvgIpc) is 3.33. The Bertz CT molecular complexity index is 881. The van der Waals surface area contributed by atoms with Crippen molar-refractivity contribution in [3.63, 3.8) is 0 Å². The van der Waals surface area contributed by atoms with Crippen molar-refractivity contribution in [1.82, 2.24) is 15.1 Å². The first-order valence-corrected chi connectivity index (χ1v) is 11.7. The third-order valence-corrected chi connectivity index (χ3v) is 6.81. The Balaban J connectivity index is 1.29. The first kappa shape index (κ1) is 22.5. The molecule has 32 heavy (non-hydrogen) atoms. The molecule has 2 aliphatic rings. The Morgan fingerprint density at radius 3 is 2.50 bits per heavy atom. The number of carbonyl (C=O) groups is 1. The van der Waals surface area contributed by atoms with Crippen LogP contribution in [-0.2, 0) is 6.54 Å². The summed E-state index contributed by atoms with van der Waals surface area (Å²) in [5.41, 5.74) is 2.39. The molecule has 0 spiro atoms. The maximum Gasteiger partial charge on any atom is 0.317 e. The van der Waals surface area contributed by atoms with E-state index in [2.05, 4.69) is 40.5 Å². The number of ether oxygens (including phenoxy) is 2. The van der Waals surface area contributed by atoms with E-state index in [1.165, 1.54) is 5.56 Å². The number of hydrogen-bond acceptors (Lipinski definition) is 4. The summed E-state index contributed by atoms with van der Waals surface area (Å²) in [6, 6.07) is 16.5. The van der Waals surface area contributed by atoms with Gasteiger partial charge in [0.1, 0.15) is 11.5 Å². The molecule has 2 aromatic rings. The van der Waals surface area contributed by atoms with Crippen LogP contribution in [-0.4, -0.2) is 56.2 Å². The summed E-state index contributed by atoms with van der Waals surface area (Å²) in [6.45, 7) is 4.70. The predicted octanol–water partition coefficient (Wildman–Crippen LogP) is 4.46. The number of methoxy groups -OCH3 is 2. The quantitative estimate of drug-likeness (QED) is 0.695. The molecule has 0 bridgehead atoms. The van der Waals surface area contributed by atoms with Crippen molar-refractivity contribution >= 4 is 6.03 Å². The van der Waals surface area contributed by atoms with Crippen LogP contribution in [0.15, 0.2) is 48.5 Å². The molecular formula is C26H35N3O3. The molecule has 2 amide bonds. The van der Waals surface area contributed by atoms with Crippen LogP contribution in [0, 0.1) is 5.92 Å². The molecule has 2 heterocycles. The Kier molecular flexibility index (Phi) is 7.53. The molecule has 2 saturated heterocycles. The maximum atomic E-state index is 13.1. The van der Waals surface area contributed by atoms with Gasteiger partial charge in [0.15, 0.2) is 0 Å². The van der Waals surface area contributed by atoms with E-state index in [1.54, 1.807) is 14.2 Å². The average molecular weight is 438 g/mol. The van der Waals surface area contributed by atoms with E-state index in [1.807, 2.05) is 23.1 Å². The molecule has 1 atom stereocenters. The zero-order chi connectivity index (χ0) is 22.3. The van der Waals surface area contributed by atoms with Crippen LogP contribution in [0.3, 0.4) is 0 Å². The summed E-state index contributed by atoms with van der Waals surface area (Å²) in [5, 5.41) is 3.22. The molecule has 4 rings (SSSR count). The largest absolute Gasteiger partial charge is 0.497 e. The molecule has 6 nitrogen and oxygen atoms in total. The highest BCUT2D eigenvalue weighted by Crippen LogP contribution is 2.38. The molecule has 6 heteroatoms. The third kappa shape index (κ3) is 5.36. The first-order chi connectivity index (χ1) is 15.7. The minimum absolute atomic E-state index is 0.0211. The lowest BCUT2D eigenvalue weighted by molar-refractivity contribution is 0.166. The van der Waals surface area contributed by atoms with Crippen molar-refractivity contribution in [2.75, 3.05) is 40.4 Å². The van der Waals surface area contributed by atoms with Gasteiger partial charge in [-0.05, 0) is 68.5 Å². The zero-order valence-electron chi connectivity index (χ0n) is 19.3. The summed E-state index contributed by atoms with van der Waals surface area (Å²) in [7, 11) is 3.34. The summed E-state index contributed by atoms with van der Waals surface area (Å²) in [6.07, 6.45) is 4.19. The minimum Gasteiger partial charge on any atom is -0.497 e. The third-order valence-electron chi connectivity index (χ3n) is 6.81. The van der Waals surface area contributed by atoms with E-state index in [4.69, 9.17) is 9.47 Å². The first-order valence-electron chi connectivity index (χ1n) is 11.7. The van der Waals surface area contributed by atoms with Gasteiger partial charge in [-0.3, -0.25) is 4.90 Å². The van der Waals surface area contributed by atoms with Gasteiger partial charge >= 0.3 is 6.03 Å². The highest BCUT2D eigenvalue weighted by molar-refractivity contribution is 5.75. The number of hydrogen-bond donors (Lipinski definition) is 1. The van der Waals surface area contributed by atoms with Crippen LogP contribution >= 0.6 is 0 Å². The number of carbonyl (C=O) groups excluding carboxylic acids is 1. The number of amides is 2. The second kappa shape index (κ2) is 10.7. The Labute approximate surface area is 191 Å². The smallest absolute Gasteiger partial charge is 0.317 e. The summed E-state index contributed by atoms with van der Waals surface area (Å²) in [5.74, 6) is 2.13. The van der Waals surface area contributed by atoms with E-state index in [-0.39, 0.29) is 12.1 Å². The van der Waals surface area contributed by atoms with Crippen molar-refractivity contribution in [2.45, 2.75) is 38.3 Å². The number of piperidine rings is 1. The van der Waals surface area contributed by atoms with Gasteiger partial charge in [-0.15, -0.1) is 0 Å². The monoisotopic (exact) mass is 437 g/mol. The molecule has 2 aromatic carbocycles. The lowest BCUT2D eigenvalue weighted by atomic mass is 9.96. The van der Waals surface area contributed by atoms with Gasteiger partial charge in [0.25, 0.3) is 0 Å². The lowest BCUT2D eigenvalue weighted by Gasteiger charge is -2.33. The minimum atomic E-state index is 0.0211. The molecule has 0 aromatic heterocycles. The normalized spacial score (nSPS) is 19.7. The van der Waals surface area contributed by atoms with Crippen LogP contribution in [0.2, 0.25) is 0 Å². The van der Waals surface area contributed by atoms with E-state index in [0.29, 0.717) is 5.92 Å². The maximum absolute atomic E-state index is 13.1. The second-order valence-electron chi connectivity index (χ2n) is 8.85. The van der Waals surface area contributed by atoms with E-state index in [9.17, 15) is 4.79 Å². The number of urea groups is 1. The highest BCUT2D eigenvalue weighted by atomic mass is 16.5. The van der Waals surface area contributed by atoms with Gasteiger partial charge < -0.3 is 19.7 Å². The molecule has 0 aliphatic carbocycles. The van der Waals surface area contributed by atoms with E-state index >= 15 is 0 Å². The molecule has 1 N–H and O–H groups in total. The van der Waals surface area contributed by atoms with Crippen LogP contribution in [0.1, 0.15) is 42.9 Å². The van der Waals surface area contributed by atoms with Crippen molar-refractivity contribution < 1.29 is 14.3 Å². The van der Waals surface area contributed by atoms with Crippen molar-refractivity contribution in [2.24, 2.45) is 5.92 Å². The number of likely N-dealkylation sites (tertiary alicyclic amines) is 2. The highest BCUT2D eigenvalue weighted by Gasteiger charge is 2.32. The molecule has 1 unspecified atom stereocenters. The van der Waals surface area contributed by atoms with E-state index < -0.39 is 0 Å². The lowest BCUT2D eigenvalue weighted by Crippen LogP contribution is -2.43. The topological polar surface area (TPSA) is 54.0 Å². The Morgan fingerprint density at radius 1 is 1.00 bits per heavy atom. The fourth-order valence-corrected chi connectivity index (χ4v) is 4.96. The molecule has 0 saturated carbocycles. The molecular weight excluding hydrogens is 402 g/mol. The van der Waals surface area contributed by atoms with E-state index in [0.717, 1.165) is 75.5 Å². The Morgan fingerprint density at radius 2 is 1.78 bits per heavy atom. The van der Waals surface area contributed by atoms with Gasteiger partial charge in [-0.2, -0.15) is 0 Å². The predicted molar refractivity (Wildman–Crippen MR) is 126 cm³/mol. The molecule has 172 valence electrons. The number of nitrogens with zero attached hydrogens (tertiary/aromatic N) is 2. The van der Waals surface area contributed by atoms with Gasteiger partial charge in [0, 0.05) is 25.2 Å². The molecule has 2 fully saturated rings. The number of rotatable bonds is 7. The van der Waals surface area contributed by atoms with Crippen LogP contribution in [0.25, 0.3) is 0 Å². The fourth-order valence-electron chi connectivity index (χ4n) is 4.96. The second-order valence-corrected chi connectivity index (χ2v) is 8.85. The van der Waals surface area contributed by atoms with Crippen LogP contribution in [0.4, 0.5) is 4.79 Å².